The second kappa shape index (κ2) is 6.64. The summed E-state index contributed by atoms with van der Waals surface area (Å²) in [5.74, 6) is 0.442. The number of carboxylic acid groups (broad SMARTS) is 1. The highest BCUT2D eigenvalue weighted by Gasteiger charge is 2.25. The molecule has 1 aliphatic rings. The van der Waals surface area contributed by atoms with E-state index in [1.165, 1.54) is 5.56 Å². The van der Waals surface area contributed by atoms with Crippen molar-refractivity contribution < 1.29 is 9.90 Å². The Bertz CT molecular complexity index is 679. The van der Waals surface area contributed by atoms with Crippen LogP contribution >= 0.6 is 0 Å². The van der Waals surface area contributed by atoms with Crippen LogP contribution in [0.5, 0.6) is 0 Å². The number of anilines is 3. The zero-order valence-corrected chi connectivity index (χ0v) is 13.1. The molecule has 1 aromatic carbocycles. The summed E-state index contributed by atoms with van der Waals surface area (Å²) in [6.07, 6.45) is 3.03. The number of nitrogens with zero attached hydrogens (tertiary/aromatic N) is 3. The molecule has 1 aliphatic heterocycles. The van der Waals surface area contributed by atoms with Crippen molar-refractivity contribution in [1.82, 2.24) is 9.97 Å². The standard InChI is InChI=1S/C17H20N4O2/c1-12-2-4-14(5-3-12)19-17-18-9-6-15(20-17)21-10-7-13(8-11-21)16(22)23/h2-6,9,13H,7-8,10-11H2,1H3,(H,22,23)(H,18,19,20). The van der Waals surface area contributed by atoms with E-state index in [4.69, 9.17) is 5.11 Å². The Morgan fingerprint density at radius 2 is 1.91 bits per heavy atom. The van der Waals surface area contributed by atoms with E-state index >= 15 is 0 Å². The molecule has 6 nitrogen and oxygen atoms in total. The van der Waals surface area contributed by atoms with Gasteiger partial charge in [-0.25, -0.2) is 4.98 Å². The van der Waals surface area contributed by atoms with Gasteiger partial charge in [-0.05, 0) is 38.0 Å². The Labute approximate surface area is 135 Å². The van der Waals surface area contributed by atoms with E-state index in [0.717, 1.165) is 11.5 Å². The molecule has 0 bridgehead atoms. The number of carboxylic acids is 1. The van der Waals surface area contributed by atoms with Crippen LogP contribution in [-0.4, -0.2) is 34.1 Å². The van der Waals surface area contributed by atoms with Gasteiger partial charge in [-0.2, -0.15) is 4.98 Å². The number of carbonyl (C=O) groups is 1. The molecule has 0 aliphatic carbocycles. The topological polar surface area (TPSA) is 78.4 Å². The first-order valence-electron chi connectivity index (χ1n) is 7.76. The Kier molecular flexibility index (Phi) is 4.41. The van der Waals surface area contributed by atoms with E-state index in [0.29, 0.717) is 31.9 Å². The molecule has 0 atom stereocenters. The van der Waals surface area contributed by atoms with Crippen molar-refractivity contribution in [1.29, 1.82) is 0 Å². The van der Waals surface area contributed by atoms with Crippen molar-refractivity contribution in [2.75, 3.05) is 23.3 Å². The highest BCUT2D eigenvalue weighted by molar-refractivity contribution is 5.70. The fraction of sp³-hybridized carbons (Fsp3) is 0.353. The molecule has 2 heterocycles. The van der Waals surface area contributed by atoms with Crippen molar-refractivity contribution in [2.45, 2.75) is 19.8 Å². The van der Waals surface area contributed by atoms with Gasteiger partial charge in [0.2, 0.25) is 5.95 Å². The number of benzene rings is 1. The van der Waals surface area contributed by atoms with Gasteiger partial charge in [-0.1, -0.05) is 17.7 Å². The first-order valence-corrected chi connectivity index (χ1v) is 7.76. The predicted molar refractivity (Wildman–Crippen MR) is 89.1 cm³/mol. The first-order chi connectivity index (χ1) is 11.1. The summed E-state index contributed by atoms with van der Waals surface area (Å²) in [6.45, 7) is 3.46. The van der Waals surface area contributed by atoms with Crippen LogP contribution in [0.4, 0.5) is 17.5 Å². The minimum absolute atomic E-state index is 0.238. The number of hydrogen-bond donors (Lipinski definition) is 2. The monoisotopic (exact) mass is 312 g/mol. The summed E-state index contributed by atoms with van der Waals surface area (Å²) in [4.78, 5) is 21.9. The van der Waals surface area contributed by atoms with Gasteiger partial charge in [0, 0.05) is 25.0 Å². The van der Waals surface area contributed by atoms with Crippen LogP contribution in [0.2, 0.25) is 0 Å². The van der Waals surface area contributed by atoms with E-state index in [9.17, 15) is 4.79 Å². The summed E-state index contributed by atoms with van der Waals surface area (Å²) >= 11 is 0. The second-order valence-electron chi connectivity index (χ2n) is 5.83. The van der Waals surface area contributed by atoms with Crippen LogP contribution in [0.3, 0.4) is 0 Å². The molecule has 23 heavy (non-hydrogen) atoms. The molecule has 1 fully saturated rings. The van der Waals surface area contributed by atoms with E-state index in [-0.39, 0.29) is 5.92 Å². The van der Waals surface area contributed by atoms with E-state index in [1.54, 1.807) is 6.20 Å². The van der Waals surface area contributed by atoms with Gasteiger partial charge in [0.05, 0.1) is 5.92 Å². The third-order valence-corrected chi connectivity index (χ3v) is 4.12. The summed E-state index contributed by atoms with van der Waals surface area (Å²) in [5, 5.41) is 12.3. The third-order valence-electron chi connectivity index (χ3n) is 4.12. The number of nitrogens with one attached hydrogen (secondary N) is 1. The zero-order valence-electron chi connectivity index (χ0n) is 13.1. The first kappa shape index (κ1) is 15.3. The Morgan fingerprint density at radius 3 is 2.57 bits per heavy atom. The molecule has 1 aromatic heterocycles. The van der Waals surface area contributed by atoms with Crippen molar-refractivity contribution in [3.8, 4) is 0 Å². The lowest BCUT2D eigenvalue weighted by atomic mass is 9.97. The second-order valence-corrected chi connectivity index (χ2v) is 5.83. The molecule has 120 valence electrons. The van der Waals surface area contributed by atoms with Gasteiger partial charge in [0.25, 0.3) is 0 Å². The number of piperidine rings is 1. The summed E-state index contributed by atoms with van der Waals surface area (Å²) < 4.78 is 0. The quantitative estimate of drug-likeness (QED) is 0.904. The molecule has 2 aromatic rings. The molecule has 0 saturated carbocycles. The van der Waals surface area contributed by atoms with Crippen LogP contribution in [0.15, 0.2) is 36.5 Å². The predicted octanol–water partition coefficient (Wildman–Crippen LogP) is 2.83. The van der Waals surface area contributed by atoms with Crippen LogP contribution in [0.1, 0.15) is 18.4 Å². The lowest BCUT2D eigenvalue weighted by Gasteiger charge is -2.31. The molecule has 2 N–H and O–H groups in total. The van der Waals surface area contributed by atoms with Crippen LogP contribution in [-0.2, 0) is 4.79 Å². The van der Waals surface area contributed by atoms with E-state index in [2.05, 4.69) is 20.2 Å². The van der Waals surface area contributed by atoms with Crippen LogP contribution in [0.25, 0.3) is 0 Å². The minimum atomic E-state index is -0.700. The maximum Gasteiger partial charge on any atom is 0.306 e. The molecule has 3 rings (SSSR count). The van der Waals surface area contributed by atoms with Gasteiger partial charge in [-0.15, -0.1) is 0 Å². The van der Waals surface area contributed by atoms with Crippen molar-refractivity contribution in [3.63, 3.8) is 0 Å². The molecule has 0 radical (unpaired) electrons. The molecular weight excluding hydrogens is 292 g/mol. The Hall–Kier alpha value is -2.63. The minimum Gasteiger partial charge on any atom is -0.481 e. The summed E-state index contributed by atoms with van der Waals surface area (Å²) in [7, 11) is 0. The average molecular weight is 312 g/mol. The molecule has 0 unspecified atom stereocenters. The highest BCUT2D eigenvalue weighted by atomic mass is 16.4. The van der Waals surface area contributed by atoms with Crippen molar-refractivity contribution >= 4 is 23.4 Å². The van der Waals surface area contributed by atoms with Gasteiger partial charge in [0.1, 0.15) is 5.82 Å². The maximum absolute atomic E-state index is 11.0. The molecular formula is C17H20N4O2. The van der Waals surface area contributed by atoms with Gasteiger partial charge in [-0.3, -0.25) is 4.79 Å². The smallest absolute Gasteiger partial charge is 0.306 e. The van der Waals surface area contributed by atoms with Gasteiger partial charge in [0.15, 0.2) is 0 Å². The fourth-order valence-electron chi connectivity index (χ4n) is 2.71. The maximum atomic E-state index is 11.0. The number of aryl methyl sites for hydroxylation is 1. The van der Waals surface area contributed by atoms with Gasteiger partial charge >= 0.3 is 5.97 Å². The van der Waals surface area contributed by atoms with E-state index in [1.807, 2.05) is 37.3 Å². The molecule has 0 spiro atoms. The van der Waals surface area contributed by atoms with E-state index < -0.39 is 5.97 Å². The zero-order chi connectivity index (χ0) is 16.2. The van der Waals surface area contributed by atoms with Crippen LogP contribution in [0, 0.1) is 12.8 Å². The number of aliphatic carboxylic acids is 1. The highest BCUT2D eigenvalue weighted by Crippen LogP contribution is 2.23. The SMILES string of the molecule is Cc1ccc(Nc2nccc(N3CCC(C(=O)O)CC3)n2)cc1. The lowest BCUT2D eigenvalue weighted by Crippen LogP contribution is -2.36. The summed E-state index contributed by atoms with van der Waals surface area (Å²) in [5.41, 5.74) is 2.14. The largest absolute Gasteiger partial charge is 0.481 e. The fourth-order valence-corrected chi connectivity index (χ4v) is 2.71. The number of hydrogen-bond acceptors (Lipinski definition) is 5. The molecule has 1 saturated heterocycles. The van der Waals surface area contributed by atoms with Crippen molar-refractivity contribution in [3.05, 3.63) is 42.1 Å². The Balaban J connectivity index is 1.68. The average Bonchev–Trinajstić information content (AvgIpc) is 2.57. The normalized spacial score (nSPS) is 15.4. The summed E-state index contributed by atoms with van der Waals surface area (Å²) in [6, 6.07) is 9.90. The van der Waals surface area contributed by atoms with Crippen molar-refractivity contribution in [2.24, 2.45) is 5.92 Å². The molecule has 6 heteroatoms. The lowest BCUT2D eigenvalue weighted by molar-refractivity contribution is -0.142. The molecule has 0 amide bonds. The van der Waals surface area contributed by atoms with Gasteiger partial charge < -0.3 is 15.3 Å². The third kappa shape index (κ3) is 3.77. The number of aromatic nitrogens is 2. The number of rotatable bonds is 4. The Morgan fingerprint density at radius 1 is 1.22 bits per heavy atom. The van der Waals surface area contributed by atoms with Crippen LogP contribution < -0.4 is 10.2 Å².